The number of nitrogens with one attached hydrogen (secondary N) is 1. The van der Waals surface area contributed by atoms with E-state index in [2.05, 4.69) is 9.71 Å². The van der Waals surface area contributed by atoms with Gasteiger partial charge in [-0.1, -0.05) is 0 Å². The van der Waals surface area contributed by atoms with Gasteiger partial charge in [0.2, 0.25) is 0 Å². The Morgan fingerprint density at radius 3 is 2.82 bits per heavy atom. The van der Waals surface area contributed by atoms with Crippen molar-refractivity contribution in [2.45, 2.75) is 18.9 Å². The van der Waals surface area contributed by atoms with Crippen molar-refractivity contribution in [3.05, 3.63) is 23.9 Å². The lowest BCUT2D eigenvalue weighted by molar-refractivity contribution is -0.128. The van der Waals surface area contributed by atoms with Gasteiger partial charge in [-0.3, -0.25) is 4.79 Å². The van der Waals surface area contributed by atoms with Crippen LogP contribution in [0.1, 0.15) is 12.8 Å². The maximum Gasteiger partial charge on any atom is 0.256 e. The number of amides is 1. The van der Waals surface area contributed by atoms with Crippen molar-refractivity contribution in [3.63, 3.8) is 0 Å². The molecule has 1 fully saturated rings. The molecule has 0 aromatic rings. The Morgan fingerprint density at radius 2 is 2.09 bits per heavy atom. The van der Waals surface area contributed by atoms with E-state index in [1.54, 1.807) is 28.2 Å². The molecule has 0 atom stereocenters. The molecule has 1 saturated heterocycles. The van der Waals surface area contributed by atoms with E-state index in [1.165, 1.54) is 0 Å². The molecule has 1 amide bonds. The number of hydrogen-bond donors (Lipinski definition) is 1. The number of hydrogen-bond acceptors (Lipinski definition) is 5. The summed E-state index contributed by atoms with van der Waals surface area (Å²) in [6.07, 6.45) is 6.85. The van der Waals surface area contributed by atoms with Crippen molar-refractivity contribution in [2.24, 2.45) is 4.40 Å². The molecule has 0 aromatic carbocycles. The second kappa shape index (κ2) is 5.85. The number of fused-ring (bicyclic) bond motifs is 1. The highest BCUT2D eigenvalue weighted by molar-refractivity contribution is 7.90. The summed E-state index contributed by atoms with van der Waals surface area (Å²) in [5, 5.41) is 3.29. The molecule has 0 saturated carbocycles. The van der Waals surface area contributed by atoms with Crippen LogP contribution in [0, 0.1) is 0 Å². The Morgan fingerprint density at radius 1 is 1.36 bits per heavy atom. The number of carbonyl (C=O) groups is 1. The lowest BCUT2D eigenvalue weighted by Gasteiger charge is -2.33. The molecule has 0 radical (unpaired) electrons. The number of nitrogens with zero attached hydrogens (tertiary/aromatic N) is 3. The van der Waals surface area contributed by atoms with Gasteiger partial charge in [-0.2, -0.15) is 0 Å². The molecule has 22 heavy (non-hydrogen) atoms. The van der Waals surface area contributed by atoms with E-state index in [0.29, 0.717) is 18.0 Å². The quantitative estimate of drug-likeness (QED) is 0.754. The fourth-order valence-corrected chi connectivity index (χ4v) is 3.86. The van der Waals surface area contributed by atoms with Crippen molar-refractivity contribution in [2.75, 3.05) is 32.4 Å². The molecular formula is C14H20N4O3S. The summed E-state index contributed by atoms with van der Waals surface area (Å²) < 4.78 is 26.7. The Balaban J connectivity index is 1.75. The van der Waals surface area contributed by atoms with Gasteiger partial charge >= 0.3 is 0 Å². The fraction of sp³-hybridized carbons (Fsp3) is 0.571. The molecule has 1 N–H and O–H groups in total. The normalized spacial score (nSPS) is 24.3. The maximum absolute atomic E-state index is 12.6. The molecule has 3 aliphatic heterocycles. The number of rotatable bonds is 2. The lowest BCUT2D eigenvalue weighted by atomic mass is 10.0. The van der Waals surface area contributed by atoms with E-state index in [9.17, 15) is 13.2 Å². The van der Waals surface area contributed by atoms with Crippen LogP contribution in [0.3, 0.4) is 0 Å². The molecule has 8 heteroatoms. The highest BCUT2D eigenvalue weighted by Gasteiger charge is 2.28. The van der Waals surface area contributed by atoms with Crippen LogP contribution >= 0.6 is 0 Å². The molecule has 7 nitrogen and oxygen atoms in total. The van der Waals surface area contributed by atoms with Crippen molar-refractivity contribution in [1.82, 2.24) is 15.1 Å². The van der Waals surface area contributed by atoms with Crippen LogP contribution in [-0.4, -0.2) is 68.4 Å². The Hall–Kier alpha value is -1.67. The largest absolute Gasteiger partial charge is 0.339 e. The Labute approximate surface area is 130 Å². The van der Waals surface area contributed by atoms with E-state index < -0.39 is 10.0 Å². The van der Waals surface area contributed by atoms with Gasteiger partial charge in [-0.25, -0.2) is 8.42 Å². The summed E-state index contributed by atoms with van der Waals surface area (Å²) >= 11 is 0. The number of amidine groups is 1. The summed E-state index contributed by atoms with van der Waals surface area (Å²) in [6.45, 7) is 2.19. The lowest BCUT2D eigenvalue weighted by Crippen LogP contribution is -2.45. The minimum Gasteiger partial charge on any atom is -0.339 e. The van der Waals surface area contributed by atoms with Gasteiger partial charge in [0.15, 0.2) is 0 Å². The molecule has 0 bridgehead atoms. The summed E-state index contributed by atoms with van der Waals surface area (Å²) in [5.74, 6) is 0.329. The first-order valence-corrected chi connectivity index (χ1v) is 9.04. The zero-order valence-corrected chi connectivity index (χ0v) is 13.3. The molecule has 3 heterocycles. The van der Waals surface area contributed by atoms with Gasteiger partial charge in [-0.15, -0.1) is 4.40 Å². The zero-order chi connectivity index (χ0) is 15.7. The summed E-state index contributed by atoms with van der Waals surface area (Å²) in [4.78, 5) is 16.1. The van der Waals surface area contributed by atoms with Crippen molar-refractivity contribution in [1.29, 1.82) is 0 Å². The van der Waals surface area contributed by atoms with E-state index in [1.807, 2.05) is 7.05 Å². The Bertz CT molecular complexity index is 660. The molecule has 0 spiro atoms. The minimum atomic E-state index is -3.36. The van der Waals surface area contributed by atoms with Gasteiger partial charge in [0, 0.05) is 25.8 Å². The average Bonchev–Trinajstić information content (AvgIpc) is 2.53. The molecule has 0 unspecified atom stereocenters. The maximum atomic E-state index is 12.6. The average molecular weight is 324 g/mol. The van der Waals surface area contributed by atoms with Gasteiger partial charge in [0.25, 0.3) is 15.9 Å². The zero-order valence-electron chi connectivity index (χ0n) is 12.5. The van der Waals surface area contributed by atoms with Gasteiger partial charge < -0.3 is 15.1 Å². The van der Waals surface area contributed by atoms with Gasteiger partial charge in [0.05, 0.1) is 11.3 Å². The van der Waals surface area contributed by atoms with Gasteiger partial charge in [-0.05, 0) is 38.1 Å². The molecule has 0 aromatic heterocycles. The topological polar surface area (TPSA) is 82.1 Å². The monoisotopic (exact) mass is 324 g/mol. The second-order valence-electron chi connectivity index (χ2n) is 5.74. The van der Waals surface area contributed by atoms with Crippen LogP contribution in [0.5, 0.6) is 0 Å². The van der Waals surface area contributed by atoms with Gasteiger partial charge in [0.1, 0.15) is 5.84 Å². The van der Waals surface area contributed by atoms with Crippen LogP contribution < -0.4 is 5.32 Å². The first-order chi connectivity index (χ1) is 10.5. The standard InChI is InChI=1S/C14H20N4O3S/c1-17(12-4-6-15-7-5-12)14(19)11-2-3-13-16-22(20,21)9-8-18(13)10-11/h2-3,10,12,15H,4-9H2,1H3. The number of sulfonamides is 1. The first kappa shape index (κ1) is 15.2. The van der Waals surface area contributed by atoms with E-state index in [4.69, 9.17) is 0 Å². The fourth-order valence-electron chi connectivity index (χ4n) is 2.89. The third-order valence-corrected chi connectivity index (χ3v) is 5.41. The molecule has 3 rings (SSSR count). The molecule has 3 aliphatic rings. The van der Waals surface area contributed by atoms with E-state index >= 15 is 0 Å². The third-order valence-electron chi connectivity index (χ3n) is 4.25. The second-order valence-corrected chi connectivity index (χ2v) is 7.50. The minimum absolute atomic E-state index is 0.0214. The first-order valence-electron chi connectivity index (χ1n) is 7.43. The number of carbonyl (C=O) groups excluding carboxylic acids is 1. The predicted molar refractivity (Wildman–Crippen MR) is 83.8 cm³/mol. The van der Waals surface area contributed by atoms with Crippen molar-refractivity contribution in [3.8, 4) is 0 Å². The smallest absolute Gasteiger partial charge is 0.256 e. The van der Waals surface area contributed by atoms with Crippen molar-refractivity contribution >= 4 is 21.8 Å². The highest BCUT2D eigenvalue weighted by atomic mass is 32.2. The van der Waals surface area contributed by atoms with Crippen LogP contribution in [-0.2, 0) is 14.8 Å². The predicted octanol–water partition coefficient (Wildman–Crippen LogP) is -0.306. The summed E-state index contributed by atoms with van der Waals surface area (Å²) in [6, 6.07) is 0.250. The SMILES string of the molecule is CN(C(=O)C1=CN2CCS(=O)(=O)N=C2C=C1)C1CCNCC1. The van der Waals surface area contributed by atoms with Crippen molar-refractivity contribution < 1.29 is 13.2 Å². The third kappa shape index (κ3) is 3.07. The molecular weight excluding hydrogens is 304 g/mol. The number of piperidine rings is 1. The summed E-state index contributed by atoms with van der Waals surface area (Å²) in [5.41, 5.74) is 0.569. The summed E-state index contributed by atoms with van der Waals surface area (Å²) in [7, 11) is -1.53. The molecule has 120 valence electrons. The van der Waals surface area contributed by atoms with E-state index in [-0.39, 0.29) is 17.7 Å². The van der Waals surface area contributed by atoms with Crippen LogP contribution in [0.4, 0.5) is 0 Å². The van der Waals surface area contributed by atoms with E-state index in [0.717, 1.165) is 25.9 Å². The molecule has 0 aliphatic carbocycles. The van der Waals surface area contributed by atoms with Crippen LogP contribution in [0.2, 0.25) is 0 Å². The van der Waals surface area contributed by atoms with Crippen LogP contribution in [0.25, 0.3) is 0 Å². The Kier molecular flexibility index (Phi) is 4.05. The van der Waals surface area contributed by atoms with Crippen LogP contribution in [0.15, 0.2) is 28.3 Å². The highest BCUT2D eigenvalue weighted by Crippen LogP contribution is 2.19. The number of likely N-dealkylation sites (N-methyl/N-ethyl adjacent to an activating group) is 1.